The second-order valence-electron chi connectivity index (χ2n) is 8.09. The highest BCUT2D eigenvalue weighted by Crippen LogP contribution is 2.11. The van der Waals surface area contributed by atoms with Crippen molar-refractivity contribution in [3.63, 3.8) is 0 Å². The molecule has 0 bridgehead atoms. The Labute approximate surface area is 175 Å². The van der Waals surface area contributed by atoms with Crippen LogP contribution in [-0.2, 0) is 9.59 Å². The van der Waals surface area contributed by atoms with E-state index in [0.717, 1.165) is 103 Å². The van der Waals surface area contributed by atoms with Crippen LogP contribution in [0, 0.1) is 0 Å². The Balaban J connectivity index is 4.02. The highest BCUT2D eigenvalue weighted by molar-refractivity contribution is 5.76. The van der Waals surface area contributed by atoms with Crippen molar-refractivity contribution >= 4 is 11.8 Å². The predicted molar refractivity (Wildman–Crippen MR) is 120 cm³/mol. The molecule has 0 rings (SSSR count). The first kappa shape index (κ1) is 26.9. The maximum atomic E-state index is 12.5. The summed E-state index contributed by atoms with van der Waals surface area (Å²) in [6.45, 7) is 12.4. The summed E-state index contributed by atoms with van der Waals surface area (Å²) in [7, 11) is 0. The highest BCUT2D eigenvalue weighted by atomic mass is 16.2. The summed E-state index contributed by atoms with van der Waals surface area (Å²) in [6, 6.07) is 0. The molecule has 0 aromatic heterocycles. The smallest absolute Gasteiger partial charge is 0.222 e. The third-order valence-corrected chi connectivity index (χ3v) is 5.36. The Kier molecular flexibility index (Phi) is 18.5. The van der Waals surface area contributed by atoms with E-state index in [-0.39, 0.29) is 0 Å². The van der Waals surface area contributed by atoms with Crippen LogP contribution in [0.2, 0.25) is 0 Å². The molecule has 0 unspecified atom stereocenters. The molecule has 166 valence electrons. The number of amides is 2. The molecule has 0 aliphatic rings. The summed E-state index contributed by atoms with van der Waals surface area (Å²) < 4.78 is 0. The Hall–Kier alpha value is -1.06. The van der Waals surface area contributed by atoms with Gasteiger partial charge in [0.15, 0.2) is 0 Å². The summed E-state index contributed by atoms with van der Waals surface area (Å²) in [4.78, 5) is 29.0. The van der Waals surface area contributed by atoms with Crippen LogP contribution in [0.3, 0.4) is 0 Å². The molecular weight excluding hydrogens is 348 g/mol. The summed E-state index contributed by atoms with van der Waals surface area (Å²) in [6.07, 6.45) is 14.3. The molecule has 0 aliphatic carbocycles. The molecule has 0 N–H and O–H groups in total. The van der Waals surface area contributed by atoms with Gasteiger partial charge in [0.2, 0.25) is 11.8 Å². The minimum Gasteiger partial charge on any atom is -0.343 e. The molecular formula is C24H48N2O2. The first-order chi connectivity index (χ1) is 13.6. The van der Waals surface area contributed by atoms with Gasteiger partial charge in [-0.15, -0.1) is 0 Å². The Morgan fingerprint density at radius 3 is 1.00 bits per heavy atom. The van der Waals surface area contributed by atoms with Crippen LogP contribution in [0.1, 0.15) is 118 Å². The van der Waals surface area contributed by atoms with E-state index in [9.17, 15) is 9.59 Å². The highest BCUT2D eigenvalue weighted by Gasteiger charge is 2.13. The fourth-order valence-corrected chi connectivity index (χ4v) is 3.34. The number of hydrogen-bond donors (Lipinski definition) is 0. The molecule has 0 aromatic carbocycles. The molecule has 0 spiro atoms. The van der Waals surface area contributed by atoms with Crippen molar-refractivity contribution in [2.75, 3.05) is 26.2 Å². The van der Waals surface area contributed by atoms with E-state index in [1.807, 2.05) is 0 Å². The molecule has 0 saturated heterocycles. The average molecular weight is 397 g/mol. The van der Waals surface area contributed by atoms with Crippen LogP contribution in [0.5, 0.6) is 0 Å². The molecule has 0 radical (unpaired) electrons. The number of rotatable bonds is 19. The van der Waals surface area contributed by atoms with Crippen LogP contribution in [0.25, 0.3) is 0 Å². The summed E-state index contributed by atoms with van der Waals surface area (Å²) in [5.41, 5.74) is 0. The van der Waals surface area contributed by atoms with Gasteiger partial charge < -0.3 is 9.80 Å². The lowest BCUT2D eigenvalue weighted by Gasteiger charge is -2.23. The third-order valence-electron chi connectivity index (χ3n) is 5.36. The second kappa shape index (κ2) is 19.3. The minimum atomic E-state index is 0.322. The minimum absolute atomic E-state index is 0.322. The first-order valence-corrected chi connectivity index (χ1v) is 12.2. The fraction of sp³-hybridized carbons (Fsp3) is 0.917. The molecule has 0 aromatic rings. The molecule has 0 saturated carbocycles. The van der Waals surface area contributed by atoms with Crippen molar-refractivity contribution in [3.05, 3.63) is 0 Å². The largest absolute Gasteiger partial charge is 0.343 e. The van der Waals surface area contributed by atoms with Gasteiger partial charge in [-0.25, -0.2) is 0 Å². The number of hydrogen-bond acceptors (Lipinski definition) is 2. The SMILES string of the molecule is CCCCN(CCCC)C(=O)CCCCCCC(=O)N(CCCC)CCCC. The van der Waals surface area contributed by atoms with E-state index in [1.54, 1.807) is 0 Å². The van der Waals surface area contributed by atoms with Crippen molar-refractivity contribution in [1.82, 2.24) is 9.80 Å². The van der Waals surface area contributed by atoms with Crippen LogP contribution in [-0.4, -0.2) is 47.8 Å². The van der Waals surface area contributed by atoms with Crippen molar-refractivity contribution < 1.29 is 9.59 Å². The number of carbonyl (C=O) groups is 2. The normalized spacial score (nSPS) is 10.9. The van der Waals surface area contributed by atoms with Gasteiger partial charge in [0.25, 0.3) is 0 Å². The molecule has 4 heteroatoms. The lowest BCUT2D eigenvalue weighted by atomic mass is 10.1. The van der Waals surface area contributed by atoms with Gasteiger partial charge in [-0.1, -0.05) is 66.2 Å². The molecule has 0 aliphatic heterocycles. The van der Waals surface area contributed by atoms with Gasteiger partial charge in [0.1, 0.15) is 0 Å². The van der Waals surface area contributed by atoms with E-state index in [2.05, 4.69) is 37.5 Å². The van der Waals surface area contributed by atoms with Crippen LogP contribution in [0.15, 0.2) is 0 Å². The van der Waals surface area contributed by atoms with Crippen molar-refractivity contribution in [1.29, 1.82) is 0 Å². The second-order valence-corrected chi connectivity index (χ2v) is 8.09. The zero-order valence-electron chi connectivity index (χ0n) is 19.4. The van der Waals surface area contributed by atoms with E-state index in [0.29, 0.717) is 24.7 Å². The van der Waals surface area contributed by atoms with E-state index in [1.165, 1.54) is 0 Å². The number of unbranched alkanes of at least 4 members (excludes halogenated alkanes) is 7. The number of carbonyl (C=O) groups excluding carboxylic acids is 2. The van der Waals surface area contributed by atoms with E-state index < -0.39 is 0 Å². The number of nitrogens with zero attached hydrogens (tertiary/aromatic N) is 2. The Morgan fingerprint density at radius 1 is 0.464 bits per heavy atom. The topological polar surface area (TPSA) is 40.6 Å². The fourth-order valence-electron chi connectivity index (χ4n) is 3.34. The predicted octanol–water partition coefficient (Wildman–Crippen LogP) is 6.18. The molecule has 28 heavy (non-hydrogen) atoms. The van der Waals surface area contributed by atoms with Crippen LogP contribution < -0.4 is 0 Å². The standard InChI is InChI=1S/C24H48N2O2/c1-5-9-19-25(20-10-6-2)23(27)17-15-13-14-16-18-24(28)26(21-11-7-3)22-12-8-4/h5-22H2,1-4H3. The first-order valence-electron chi connectivity index (χ1n) is 12.2. The third kappa shape index (κ3) is 14.0. The molecule has 0 fully saturated rings. The molecule has 0 atom stereocenters. The quantitative estimate of drug-likeness (QED) is 0.244. The monoisotopic (exact) mass is 396 g/mol. The van der Waals surface area contributed by atoms with Gasteiger partial charge in [0, 0.05) is 39.0 Å². The molecule has 2 amide bonds. The van der Waals surface area contributed by atoms with E-state index in [4.69, 9.17) is 0 Å². The van der Waals surface area contributed by atoms with Crippen molar-refractivity contribution in [2.45, 2.75) is 118 Å². The maximum Gasteiger partial charge on any atom is 0.222 e. The zero-order chi connectivity index (χ0) is 21.0. The van der Waals surface area contributed by atoms with Crippen LogP contribution >= 0.6 is 0 Å². The summed E-state index contributed by atoms with van der Waals surface area (Å²) in [5, 5.41) is 0. The summed E-state index contributed by atoms with van der Waals surface area (Å²) >= 11 is 0. The lowest BCUT2D eigenvalue weighted by molar-refractivity contribution is -0.132. The van der Waals surface area contributed by atoms with Crippen LogP contribution in [0.4, 0.5) is 0 Å². The Bertz CT molecular complexity index is 333. The van der Waals surface area contributed by atoms with Gasteiger partial charge in [-0.05, 0) is 38.5 Å². The zero-order valence-corrected chi connectivity index (χ0v) is 19.4. The van der Waals surface area contributed by atoms with Gasteiger partial charge in [0.05, 0.1) is 0 Å². The molecule has 4 nitrogen and oxygen atoms in total. The lowest BCUT2D eigenvalue weighted by Crippen LogP contribution is -2.33. The maximum absolute atomic E-state index is 12.5. The van der Waals surface area contributed by atoms with Crippen molar-refractivity contribution in [2.24, 2.45) is 0 Å². The summed E-state index contributed by atoms with van der Waals surface area (Å²) in [5.74, 6) is 0.645. The Morgan fingerprint density at radius 2 is 0.750 bits per heavy atom. The van der Waals surface area contributed by atoms with Crippen molar-refractivity contribution in [3.8, 4) is 0 Å². The molecule has 0 heterocycles. The van der Waals surface area contributed by atoms with E-state index >= 15 is 0 Å². The van der Waals surface area contributed by atoms with Gasteiger partial charge >= 0.3 is 0 Å². The average Bonchev–Trinajstić information content (AvgIpc) is 2.70. The van der Waals surface area contributed by atoms with Gasteiger partial charge in [-0.2, -0.15) is 0 Å². The van der Waals surface area contributed by atoms with Gasteiger partial charge in [-0.3, -0.25) is 9.59 Å².